The van der Waals surface area contributed by atoms with Gasteiger partial charge in [-0.2, -0.15) is 5.10 Å². The van der Waals surface area contributed by atoms with Crippen molar-refractivity contribution in [2.45, 2.75) is 52.8 Å². The van der Waals surface area contributed by atoms with Gasteiger partial charge in [0.05, 0.1) is 18.0 Å². The van der Waals surface area contributed by atoms with E-state index in [0.717, 1.165) is 38.2 Å². The molecule has 0 saturated carbocycles. The normalized spacial score (nSPS) is 17.5. The van der Waals surface area contributed by atoms with Crippen molar-refractivity contribution in [3.63, 3.8) is 0 Å². The number of halogens is 1. The van der Waals surface area contributed by atoms with Crippen LogP contribution in [0.4, 0.5) is 21.6 Å². The number of nitrogens with zero attached hydrogens (tertiary/aromatic N) is 6. The topological polar surface area (TPSA) is 101 Å². The highest BCUT2D eigenvalue weighted by atomic mass is 19.1. The summed E-state index contributed by atoms with van der Waals surface area (Å²) in [5.74, 6) is -0.201. The fourth-order valence-corrected chi connectivity index (χ4v) is 7.00. The van der Waals surface area contributed by atoms with Crippen molar-refractivity contribution in [3.8, 4) is 11.1 Å². The third-order valence-corrected chi connectivity index (χ3v) is 9.33. The molecule has 1 fully saturated rings. The van der Waals surface area contributed by atoms with Gasteiger partial charge in [0.25, 0.3) is 11.5 Å². The molecular weight excluding hydrogens is 561 g/mol. The van der Waals surface area contributed by atoms with E-state index in [9.17, 15) is 14.7 Å². The number of fused-ring (bicyclic) bond motifs is 3. The summed E-state index contributed by atoms with van der Waals surface area (Å²) < 4.78 is 20.7. The summed E-state index contributed by atoms with van der Waals surface area (Å²) in [6.45, 7) is 7.94. The predicted molar refractivity (Wildman–Crippen MR) is 167 cm³/mol. The molecule has 11 heteroatoms. The molecule has 7 rings (SSSR count). The van der Waals surface area contributed by atoms with Gasteiger partial charge >= 0.3 is 0 Å². The summed E-state index contributed by atoms with van der Waals surface area (Å²) in [5.41, 5.74) is 5.93. The summed E-state index contributed by atoms with van der Waals surface area (Å²) in [4.78, 5) is 30.9. The zero-order chi connectivity index (χ0) is 30.9. The van der Waals surface area contributed by atoms with Crippen LogP contribution in [0.1, 0.15) is 53.3 Å². The number of aromatic nitrogens is 4. The third kappa shape index (κ3) is 4.84. The lowest BCUT2D eigenvalue weighted by molar-refractivity contribution is 0.0963. The monoisotopic (exact) mass is 599 g/mol. The van der Waals surface area contributed by atoms with Gasteiger partial charge in [0, 0.05) is 62.8 Å². The number of anilines is 3. The molecule has 0 bridgehead atoms. The Labute approximate surface area is 255 Å². The van der Waals surface area contributed by atoms with Crippen LogP contribution in [0.15, 0.2) is 41.3 Å². The number of aryl methyl sites for hydroxylation is 2. The average Bonchev–Trinajstić information content (AvgIpc) is 3.57. The van der Waals surface area contributed by atoms with Gasteiger partial charge in [-0.3, -0.25) is 19.2 Å². The number of pyridine rings is 1. The van der Waals surface area contributed by atoms with Crippen molar-refractivity contribution >= 4 is 23.1 Å². The zero-order valence-corrected chi connectivity index (χ0v) is 25.7. The molecule has 0 unspecified atom stereocenters. The SMILES string of the molecule is Cn1nc(Nc2cc(-c3cc(F)cc(N4CCn5c(cc6c5CC(C)(C)C6)C4=O)c3CO)cn(C)c2=O)cc1CN1CCC1. The number of benzene rings is 1. The number of aliphatic hydroxyl groups excluding tert-OH is 1. The summed E-state index contributed by atoms with van der Waals surface area (Å²) in [7, 11) is 3.51. The molecule has 0 spiro atoms. The average molecular weight is 600 g/mol. The van der Waals surface area contributed by atoms with Crippen LogP contribution in [0.2, 0.25) is 0 Å². The van der Waals surface area contributed by atoms with E-state index < -0.39 is 12.4 Å². The van der Waals surface area contributed by atoms with Crippen LogP contribution >= 0.6 is 0 Å². The van der Waals surface area contributed by atoms with Crippen LogP contribution < -0.4 is 15.8 Å². The van der Waals surface area contributed by atoms with E-state index in [1.54, 1.807) is 28.9 Å². The Kier molecular flexibility index (Phi) is 6.78. The standard InChI is InChI=1S/C33H38FN7O3/c1-33(2)15-20-11-28-32(44)41(9-8-40(28)29(20)16-33)27-13-22(34)12-24(25(27)19-42)21-10-26(31(43)37(3)17-21)35-30-14-23(38(4)36-30)18-39-6-5-7-39/h10-14,17,42H,5-9,15-16,18-19H2,1-4H3,(H,35,36). The Morgan fingerprint density at radius 2 is 1.82 bits per heavy atom. The van der Waals surface area contributed by atoms with Gasteiger partial charge < -0.3 is 24.5 Å². The Balaban J connectivity index is 1.23. The Morgan fingerprint density at radius 3 is 2.55 bits per heavy atom. The molecule has 1 aliphatic carbocycles. The summed E-state index contributed by atoms with van der Waals surface area (Å²) in [6.07, 6.45) is 4.66. The molecule has 4 aromatic rings. The number of carbonyl (C=O) groups is 1. The number of hydrogen-bond acceptors (Lipinski definition) is 6. The zero-order valence-electron chi connectivity index (χ0n) is 25.7. The fourth-order valence-electron chi connectivity index (χ4n) is 7.00. The van der Waals surface area contributed by atoms with Crippen molar-refractivity contribution in [3.05, 3.63) is 80.9 Å². The summed E-state index contributed by atoms with van der Waals surface area (Å²) >= 11 is 0. The number of amides is 1. The van der Waals surface area contributed by atoms with Crippen LogP contribution in [0.5, 0.6) is 0 Å². The third-order valence-electron chi connectivity index (χ3n) is 9.33. The maximum atomic E-state index is 15.3. The lowest BCUT2D eigenvalue weighted by atomic mass is 9.90. The maximum Gasteiger partial charge on any atom is 0.274 e. The smallest absolute Gasteiger partial charge is 0.274 e. The second kappa shape index (κ2) is 10.4. The molecular formula is C33H38FN7O3. The van der Waals surface area contributed by atoms with Gasteiger partial charge in [-0.15, -0.1) is 0 Å². The first-order valence-corrected chi connectivity index (χ1v) is 15.2. The van der Waals surface area contributed by atoms with E-state index in [0.29, 0.717) is 47.0 Å². The molecule has 3 aliphatic rings. The maximum absolute atomic E-state index is 15.3. The van der Waals surface area contributed by atoms with Gasteiger partial charge in [-0.1, -0.05) is 13.8 Å². The lowest BCUT2D eigenvalue weighted by Gasteiger charge is -2.32. The Hall–Kier alpha value is -4.22. The number of rotatable bonds is 7. The van der Waals surface area contributed by atoms with Crippen LogP contribution in [0.25, 0.3) is 11.1 Å². The lowest BCUT2D eigenvalue weighted by Crippen LogP contribution is -2.41. The summed E-state index contributed by atoms with van der Waals surface area (Å²) in [6, 6.07) is 8.22. The Morgan fingerprint density at radius 1 is 1.02 bits per heavy atom. The molecule has 2 aliphatic heterocycles. The van der Waals surface area contributed by atoms with Crippen LogP contribution in [-0.2, 0) is 46.6 Å². The number of aliphatic hydroxyl groups is 1. The van der Waals surface area contributed by atoms with E-state index in [1.807, 2.05) is 19.2 Å². The first kappa shape index (κ1) is 28.5. The minimum atomic E-state index is -0.533. The Bertz CT molecular complexity index is 1860. The number of carbonyl (C=O) groups excluding carboxylic acids is 1. The first-order valence-electron chi connectivity index (χ1n) is 15.2. The molecule has 0 radical (unpaired) electrons. The van der Waals surface area contributed by atoms with E-state index >= 15 is 4.39 Å². The van der Waals surface area contributed by atoms with Crippen LogP contribution in [0.3, 0.4) is 0 Å². The molecule has 44 heavy (non-hydrogen) atoms. The van der Waals surface area contributed by atoms with Gasteiger partial charge in [0.1, 0.15) is 17.2 Å². The highest BCUT2D eigenvalue weighted by molar-refractivity contribution is 6.07. The van der Waals surface area contributed by atoms with E-state index in [4.69, 9.17) is 0 Å². The number of nitrogens with one attached hydrogen (secondary N) is 1. The van der Waals surface area contributed by atoms with E-state index in [1.165, 1.54) is 34.4 Å². The molecule has 3 aromatic heterocycles. The van der Waals surface area contributed by atoms with E-state index in [-0.39, 0.29) is 22.6 Å². The van der Waals surface area contributed by atoms with Crippen molar-refractivity contribution in [1.29, 1.82) is 0 Å². The highest BCUT2D eigenvalue weighted by Gasteiger charge is 2.37. The van der Waals surface area contributed by atoms with Crippen molar-refractivity contribution < 1.29 is 14.3 Å². The van der Waals surface area contributed by atoms with Crippen LogP contribution in [-0.4, -0.2) is 54.5 Å². The van der Waals surface area contributed by atoms with Crippen molar-refractivity contribution in [2.24, 2.45) is 19.5 Å². The molecule has 1 amide bonds. The molecule has 1 saturated heterocycles. The number of likely N-dealkylation sites (tertiary alicyclic amines) is 1. The predicted octanol–water partition coefficient (Wildman–Crippen LogP) is 3.95. The highest BCUT2D eigenvalue weighted by Crippen LogP contribution is 2.41. The molecule has 1 aromatic carbocycles. The van der Waals surface area contributed by atoms with Crippen molar-refractivity contribution in [1.82, 2.24) is 23.8 Å². The first-order chi connectivity index (χ1) is 21.0. The van der Waals surface area contributed by atoms with Gasteiger partial charge in [-0.25, -0.2) is 4.39 Å². The molecule has 10 nitrogen and oxygen atoms in total. The molecule has 0 atom stereocenters. The van der Waals surface area contributed by atoms with Gasteiger partial charge in [0.2, 0.25) is 0 Å². The molecule has 5 heterocycles. The summed E-state index contributed by atoms with van der Waals surface area (Å²) in [5, 5.41) is 18.3. The van der Waals surface area contributed by atoms with Gasteiger partial charge in [-0.05, 0) is 73.2 Å². The van der Waals surface area contributed by atoms with Crippen LogP contribution in [0, 0.1) is 11.2 Å². The molecule has 230 valence electrons. The van der Waals surface area contributed by atoms with Gasteiger partial charge in [0.15, 0.2) is 5.82 Å². The second-order valence-corrected chi connectivity index (χ2v) is 13.2. The largest absolute Gasteiger partial charge is 0.392 e. The minimum Gasteiger partial charge on any atom is -0.392 e. The minimum absolute atomic E-state index is 0.172. The fraction of sp³-hybridized carbons (Fsp3) is 0.424. The number of hydrogen-bond donors (Lipinski definition) is 2. The molecule has 2 N–H and O–H groups in total. The van der Waals surface area contributed by atoms with E-state index in [2.05, 4.69) is 33.7 Å². The van der Waals surface area contributed by atoms with Crippen molar-refractivity contribution in [2.75, 3.05) is 29.9 Å². The quantitative estimate of drug-likeness (QED) is 0.334. The second-order valence-electron chi connectivity index (χ2n) is 13.2.